The van der Waals surface area contributed by atoms with E-state index in [-0.39, 0.29) is 10.5 Å². The van der Waals surface area contributed by atoms with Gasteiger partial charge < -0.3 is 5.11 Å². The SMILES string of the molecule is CC(NS(=O)(=O)c1cccc(C#N)c1)C(=O)O. The zero-order valence-electron chi connectivity index (χ0n) is 8.91. The van der Waals surface area contributed by atoms with Gasteiger partial charge in [0.15, 0.2) is 0 Å². The molecule has 1 unspecified atom stereocenters. The maximum absolute atomic E-state index is 11.7. The van der Waals surface area contributed by atoms with Crippen molar-refractivity contribution < 1.29 is 18.3 Å². The van der Waals surface area contributed by atoms with Crippen LogP contribution in [0.1, 0.15) is 12.5 Å². The Labute approximate surface area is 98.6 Å². The second-order valence-corrected chi connectivity index (χ2v) is 5.03. The lowest BCUT2D eigenvalue weighted by Crippen LogP contribution is -2.38. The summed E-state index contributed by atoms with van der Waals surface area (Å²) in [5.41, 5.74) is 0.191. The van der Waals surface area contributed by atoms with Gasteiger partial charge in [-0.15, -0.1) is 0 Å². The Morgan fingerprint density at radius 1 is 1.53 bits per heavy atom. The molecule has 0 aliphatic heterocycles. The van der Waals surface area contributed by atoms with Crippen LogP contribution >= 0.6 is 0 Å². The second kappa shape index (κ2) is 4.95. The molecular formula is C10H10N2O4S. The molecule has 0 bridgehead atoms. The quantitative estimate of drug-likeness (QED) is 0.804. The van der Waals surface area contributed by atoms with E-state index in [0.29, 0.717) is 0 Å². The lowest BCUT2D eigenvalue weighted by atomic mass is 10.2. The lowest BCUT2D eigenvalue weighted by Gasteiger charge is -2.10. The third kappa shape index (κ3) is 3.27. The summed E-state index contributed by atoms with van der Waals surface area (Å²) in [7, 11) is -3.92. The number of sulfonamides is 1. The topological polar surface area (TPSA) is 107 Å². The van der Waals surface area contributed by atoms with Crippen LogP contribution in [0, 0.1) is 11.3 Å². The molecule has 1 aromatic rings. The predicted octanol–water partition coefficient (Wildman–Crippen LogP) is 0.310. The molecule has 0 spiro atoms. The first-order valence-corrected chi connectivity index (χ1v) is 6.10. The molecule has 1 rings (SSSR count). The Morgan fingerprint density at radius 2 is 2.18 bits per heavy atom. The van der Waals surface area contributed by atoms with Crippen LogP contribution in [0.3, 0.4) is 0 Å². The number of carboxylic acids is 1. The van der Waals surface area contributed by atoms with Gasteiger partial charge in [0.2, 0.25) is 10.0 Å². The monoisotopic (exact) mass is 254 g/mol. The van der Waals surface area contributed by atoms with Crippen molar-refractivity contribution in [2.75, 3.05) is 0 Å². The molecule has 0 fully saturated rings. The van der Waals surface area contributed by atoms with Crippen LogP contribution in [0.5, 0.6) is 0 Å². The number of nitrogens with zero attached hydrogens (tertiary/aromatic N) is 1. The number of carbonyl (C=O) groups is 1. The predicted molar refractivity (Wildman–Crippen MR) is 58.6 cm³/mol. The van der Waals surface area contributed by atoms with E-state index in [1.807, 2.05) is 4.72 Å². The Bertz CT molecular complexity index is 574. The summed E-state index contributed by atoms with van der Waals surface area (Å²) >= 11 is 0. The summed E-state index contributed by atoms with van der Waals surface area (Å²) in [4.78, 5) is 10.4. The number of benzene rings is 1. The van der Waals surface area contributed by atoms with Crippen molar-refractivity contribution in [3.8, 4) is 6.07 Å². The molecule has 0 saturated heterocycles. The van der Waals surface area contributed by atoms with Gasteiger partial charge in [-0.1, -0.05) is 6.07 Å². The molecule has 17 heavy (non-hydrogen) atoms. The van der Waals surface area contributed by atoms with Gasteiger partial charge >= 0.3 is 5.97 Å². The van der Waals surface area contributed by atoms with Crippen molar-refractivity contribution >= 4 is 16.0 Å². The van der Waals surface area contributed by atoms with E-state index in [4.69, 9.17) is 10.4 Å². The molecule has 6 nitrogen and oxygen atoms in total. The van der Waals surface area contributed by atoms with Crippen LogP contribution in [0.25, 0.3) is 0 Å². The summed E-state index contributed by atoms with van der Waals surface area (Å²) in [5.74, 6) is -1.27. The highest BCUT2D eigenvalue weighted by Gasteiger charge is 2.21. The van der Waals surface area contributed by atoms with Crippen LogP contribution < -0.4 is 4.72 Å². The van der Waals surface area contributed by atoms with Crippen molar-refractivity contribution in [3.05, 3.63) is 29.8 Å². The molecule has 0 saturated carbocycles. The largest absolute Gasteiger partial charge is 0.480 e. The van der Waals surface area contributed by atoms with Crippen molar-refractivity contribution in [1.82, 2.24) is 4.72 Å². The highest BCUT2D eigenvalue weighted by molar-refractivity contribution is 7.89. The summed E-state index contributed by atoms with van der Waals surface area (Å²) in [6.07, 6.45) is 0. The molecule has 0 aromatic heterocycles. The maximum Gasteiger partial charge on any atom is 0.321 e. The van der Waals surface area contributed by atoms with Crippen LogP contribution in [0.4, 0.5) is 0 Å². The second-order valence-electron chi connectivity index (χ2n) is 3.32. The fourth-order valence-corrected chi connectivity index (χ4v) is 2.33. The first kappa shape index (κ1) is 13.2. The van der Waals surface area contributed by atoms with E-state index in [1.165, 1.54) is 31.2 Å². The molecule has 0 heterocycles. The van der Waals surface area contributed by atoms with Gasteiger partial charge in [-0.05, 0) is 25.1 Å². The number of hydrogen-bond acceptors (Lipinski definition) is 4. The molecule has 7 heteroatoms. The van der Waals surface area contributed by atoms with E-state index in [1.54, 1.807) is 6.07 Å². The molecule has 0 radical (unpaired) electrons. The Kier molecular flexibility index (Phi) is 3.83. The molecule has 90 valence electrons. The van der Waals surface area contributed by atoms with Gasteiger partial charge in [0, 0.05) is 0 Å². The lowest BCUT2D eigenvalue weighted by molar-refractivity contribution is -0.138. The molecule has 0 aliphatic rings. The molecule has 2 N–H and O–H groups in total. The van der Waals surface area contributed by atoms with Crippen LogP contribution in [-0.2, 0) is 14.8 Å². The number of rotatable bonds is 4. The van der Waals surface area contributed by atoms with E-state index >= 15 is 0 Å². The maximum atomic E-state index is 11.7. The first-order chi connectivity index (χ1) is 7.86. The van der Waals surface area contributed by atoms with E-state index in [0.717, 1.165) is 0 Å². The zero-order chi connectivity index (χ0) is 13.1. The van der Waals surface area contributed by atoms with Gasteiger partial charge in [-0.2, -0.15) is 9.98 Å². The van der Waals surface area contributed by atoms with E-state index in [9.17, 15) is 13.2 Å². The zero-order valence-corrected chi connectivity index (χ0v) is 9.73. The van der Waals surface area contributed by atoms with Gasteiger partial charge in [-0.3, -0.25) is 4.79 Å². The van der Waals surface area contributed by atoms with Crippen molar-refractivity contribution in [1.29, 1.82) is 5.26 Å². The highest BCUT2D eigenvalue weighted by atomic mass is 32.2. The third-order valence-electron chi connectivity index (χ3n) is 1.98. The average Bonchev–Trinajstić information content (AvgIpc) is 2.28. The number of nitriles is 1. The molecular weight excluding hydrogens is 244 g/mol. The number of hydrogen-bond donors (Lipinski definition) is 2. The van der Waals surface area contributed by atoms with Crippen molar-refractivity contribution in [2.45, 2.75) is 17.9 Å². The van der Waals surface area contributed by atoms with E-state index in [2.05, 4.69) is 0 Å². The van der Waals surface area contributed by atoms with Crippen LogP contribution in [0.15, 0.2) is 29.2 Å². The minimum Gasteiger partial charge on any atom is -0.480 e. The smallest absolute Gasteiger partial charge is 0.321 e. The Morgan fingerprint density at radius 3 is 2.71 bits per heavy atom. The number of aliphatic carboxylic acids is 1. The average molecular weight is 254 g/mol. The van der Waals surface area contributed by atoms with Gasteiger partial charge in [0.1, 0.15) is 6.04 Å². The molecule has 1 atom stereocenters. The van der Waals surface area contributed by atoms with Gasteiger partial charge in [0.25, 0.3) is 0 Å². The third-order valence-corrected chi connectivity index (χ3v) is 3.51. The minimum absolute atomic E-state index is 0.135. The Hall–Kier alpha value is -1.91. The molecule has 0 aliphatic carbocycles. The fraction of sp³-hybridized carbons (Fsp3) is 0.200. The van der Waals surface area contributed by atoms with Crippen molar-refractivity contribution in [2.24, 2.45) is 0 Å². The minimum atomic E-state index is -3.92. The molecule has 0 amide bonds. The Balaban J connectivity index is 3.06. The van der Waals surface area contributed by atoms with E-state index < -0.39 is 22.0 Å². The summed E-state index contributed by atoms with van der Waals surface area (Å²) < 4.78 is 25.4. The molecule has 1 aromatic carbocycles. The van der Waals surface area contributed by atoms with Crippen molar-refractivity contribution in [3.63, 3.8) is 0 Å². The standard InChI is InChI=1S/C10H10N2O4S/c1-7(10(13)14)12-17(15,16)9-4-2-3-8(5-9)6-11/h2-5,7,12H,1H3,(H,13,14). The first-order valence-electron chi connectivity index (χ1n) is 4.62. The fourth-order valence-electron chi connectivity index (χ4n) is 1.08. The summed E-state index contributed by atoms with van der Waals surface area (Å²) in [5, 5.41) is 17.3. The van der Waals surface area contributed by atoms with Gasteiger partial charge in [0.05, 0.1) is 16.5 Å². The number of carboxylic acid groups (broad SMARTS) is 1. The summed E-state index contributed by atoms with van der Waals surface area (Å²) in [6.45, 7) is 1.22. The van der Waals surface area contributed by atoms with Gasteiger partial charge in [-0.25, -0.2) is 8.42 Å². The number of nitrogens with one attached hydrogen (secondary N) is 1. The van der Waals surface area contributed by atoms with Crippen LogP contribution in [0.2, 0.25) is 0 Å². The summed E-state index contributed by atoms with van der Waals surface area (Å²) in [6, 6.07) is 5.92. The normalized spacial score (nSPS) is 12.7. The van der Waals surface area contributed by atoms with Crippen LogP contribution in [-0.4, -0.2) is 25.5 Å². The highest BCUT2D eigenvalue weighted by Crippen LogP contribution is 2.11.